The zero-order chi connectivity index (χ0) is 19.4. The molecule has 0 aliphatic rings. The molecule has 26 heavy (non-hydrogen) atoms. The first kappa shape index (κ1) is 21.0. The second-order valence-electron chi connectivity index (χ2n) is 5.11. The van der Waals surface area contributed by atoms with Gasteiger partial charge in [-0.1, -0.05) is 39.1 Å². The lowest BCUT2D eigenvalue weighted by atomic mass is 10.1. The molecule has 0 bridgehead atoms. The van der Waals surface area contributed by atoms with E-state index in [4.69, 9.17) is 32.4 Å². The second kappa shape index (κ2) is 9.09. The van der Waals surface area contributed by atoms with Crippen molar-refractivity contribution in [1.82, 2.24) is 4.72 Å². The summed E-state index contributed by atoms with van der Waals surface area (Å²) in [5.74, 6) is -1.08. The largest absolute Gasteiger partial charge is 0.502 e. The second-order valence-corrected chi connectivity index (χ2v) is 7.89. The Morgan fingerprint density at radius 2 is 2.12 bits per heavy atom. The molecule has 1 atom stereocenters. The van der Waals surface area contributed by atoms with Gasteiger partial charge in [0.1, 0.15) is 0 Å². The molecule has 2 rings (SSSR count). The number of hydrogen-bond donors (Lipinski definition) is 3. The molecule has 0 saturated carbocycles. The Bertz CT molecular complexity index is 891. The van der Waals surface area contributed by atoms with Crippen molar-refractivity contribution in [3.05, 3.63) is 34.0 Å². The van der Waals surface area contributed by atoms with Crippen LogP contribution in [-0.4, -0.2) is 26.0 Å². The van der Waals surface area contributed by atoms with Gasteiger partial charge in [0.25, 0.3) is 0 Å². The van der Waals surface area contributed by atoms with Crippen LogP contribution >= 0.6 is 39.1 Å². The minimum atomic E-state index is -2.73. The van der Waals surface area contributed by atoms with E-state index >= 15 is 0 Å². The first-order valence-electron chi connectivity index (χ1n) is 7.22. The molecule has 1 heterocycles. The van der Waals surface area contributed by atoms with Crippen LogP contribution in [0.4, 0.5) is 0 Å². The first-order valence-corrected chi connectivity index (χ1v) is 10.1. The fourth-order valence-corrected chi connectivity index (χ4v) is 3.48. The number of hydrogen-bond acceptors (Lipinski definition) is 6. The summed E-state index contributed by atoms with van der Waals surface area (Å²) in [6.07, 6.45) is 0.276. The van der Waals surface area contributed by atoms with Crippen LogP contribution in [-0.2, 0) is 15.7 Å². The number of furan rings is 1. The van der Waals surface area contributed by atoms with Gasteiger partial charge in [0, 0.05) is 24.1 Å². The molecule has 2 aromatic rings. The van der Waals surface area contributed by atoms with Gasteiger partial charge in [0.15, 0.2) is 11.5 Å². The van der Waals surface area contributed by atoms with Crippen molar-refractivity contribution in [3.8, 4) is 22.8 Å². The van der Waals surface area contributed by atoms with Gasteiger partial charge in [0.2, 0.25) is 22.4 Å². The van der Waals surface area contributed by atoms with E-state index in [1.165, 1.54) is 13.0 Å². The molecule has 1 unspecified atom stereocenters. The Hall–Kier alpha value is -1.26. The van der Waals surface area contributed by atoms with Gasteiger partial charge in [-0.05, 0) is 24.6 Å². The number of halogens is 3. The van der Waals surface area contributed by atoms with Crippen molar-refractivity contribution < 1.29 is 27.5 Å². The van der Waals surface area contributed by atoms with E-state index in [9.17, 15) is 18.3 Å². The number of esters is 1. The Morgan fingerprint density at radius 1 is 1.42 bits per heavy atom. The summed E-state index contributed by atoms with van der Waals surface area (Å²) in [7, 11) is -2.73. The van der Waals surface area contributed by atoms with Crippen LogP contribution < -0.4 is 9.46 Å². The molecule has 0 amide bonds. The van der Waals surface area contributed by atoms with Crippen molar-refractivity contribution in [2.24, 2.45) is 0 Å². The summed E-state index contributed by atoms with van der Waals surface area (Å²) < 4.78 is 34.2. The summed E-state index contributed by atoms with van der Waals surface area (Å²) in [5, 5.41) is 11.1. The van der Waals surface area contributed by atoms with E-state index in [1.54, 1.807) is 12.1 Å². The molecule has 0 spiro atoms. The van der Waals surface area contributed by atoms with E-state index in [0.717, 1.165) is 0 Å². The highest BCUT2D eigenvalue weighted by Crippen LogP contribution is 2.49. The summed E-state index contributed by atoms with van der Waals surface area (Å²) in [6.45, 7) is 1.30. The monoisotopic (exact) mass is 485 g/mol. The molecule has 142 valence electrons. The van der Waals surface area contributed by atoms with Gasteiger partial charge in [-0.2, -0.15) is 0 Å². The summed E-state index contributed by atoms with van der Waals surface area (Å²) in [6, 6.07) is 4.60. The lowest BCUT2D eigenvalue weighted by Crippen LogP contribution is -2.14. The third-order valence-electron chi connectivity index (χ3n) is 3.21. The number of carbonyl (C=O) groups is 1. The van der Waals surface area contributed by atoms with E-state index in [2.05, 4.69) is 20.7 Å². The molecule has 0 aliphatic carbocycles. The third kappa shape index (κ3) is 5.14. The highest BCUT2D eigenvalue weighted by molar-refractivity contribution is 9.09. The highest BCUT2D eigenvalue weighted by atomic mass is 79.9. The molecule has 7 nitrogen and oxygen atoms in total. The molecular formula is C15H14BrCl2NO6S. The summed E-state index contributed by atoms with van der Waals surface area (Å²) in [5.41, 5.74) is 0.355. The summed E-state index contributed by atoms with van der Waals surface area (Å²) >= 11 is 15.4. The van der Waals surface area contributed by atoms with E-state index in [1.807, 2.05) is 0 Å². The van der Waals surface area contributed by atoms with Gasteiger partial charge >= 0.3 is 5.97 Å². The van der Waals surface area contributed by atoms with Crippen LogP contribution in [0.1, 0.15) is 23.9 Å². The molecule has 2 N–H and O–H groups in total. The maximum Gasteiger partial charge on any atom is 0.308 e. The van der Waals surface area contributed by atoms with Crippen LogP contribution in [0.3, 0.4) is 0 Å². The third-order valence-corrected chi connectivity index (χ3v) is 5.11. The number of nitrogens with one attached hydrogen (secondary N) is 1. The summed E-state index contributed by atoms with van der Waals surface area (Å²) in [4.78, 5) is 10.8. The molecule has 1 aromatic carbocycles. The Morgan fingerprint density at radius 3 is 2.69 bits per heavy atom. The standard InChI is InChI=1S/C15H14BrCl2NO6S/c1-7(20)24-15-12(21)13(9-3-2-8(17)6-11(9)18)25-14(15)10(16)4-5-19-26(22)23/h2-3,6,10,21,26H,4-5H2,1H3,(H,19,22,23). The average Bonchev–Trinajstić information content (AvgIpc) is 2.84. The highest BCUT2D eigenvalue weighted by Gasteiger charge is 2.29. The Balaban J connectivity index is 2.45. The first-order chi connectivity index (χ1) is 12.2. The fourth-order valence-electron chi connectivity index (χ4n) is 2.14. The van der Waals surface area contributed by atoms with Crippen LogP contribution in [0, 0.1) is 0 Å². The molecule has 0 fully saturated rings. The van der Waals surface area contributed by atoms with Crippen molar-refractivity contribution in [3.63, 3.8) is 0 Å². The van der Waals surface area contributed by atoms with Gasteiger partial charge in [0.05, 0.1) is 9.85 Å². The van der Waals surface area contributed by atoms with Crippen LogP contribution in [0.2, 0.25) is 10.0 Å². The Kier molecular flexibility index (Phi) is 7.36. The van der Waals surface area contributed by atoms with Gasteiger partial charge in [-0.3, -0.25) is 4.79 Å². The minimum Gasteiger partial charge on any atom is -0.502 e. The van der Waals surface area contributed by atoms with Crippen molar-refractivity contribution in [1.29, 1.82) is 0 Å². The van der Waals surface area contributed by atoms with Gasteiger partial charge in [-0.15, -0.1) is 0 Å². The van der Waals surface area contributed by atoms with Crippen molar-refractivity contribution in [2.45, 2.75) is 18.2 Å². The molecule has 0 saturated heterocycles. The number of carbonyl (C=O) groups excluding carboxylic acids is 1. The Labute approximate surface area is 169 Å². The molecule has 0 radical (unpaired) electrons. The lowest BCUT2D eigenvalue weighted by Gasteiger charge is -2.08. The van der Waals surface area contributed by atoms with Crippen LogP contribution in [0.25, 0.3) is 11.3 Å². The smallest absolute Gasteiger partial charge is 0.308 e. The molecule has 11 heteroatoms. The SMILES string of the molecule is CC(=O)Oc1c(C(Br)CCN[SH](=O)=O)oc(-c2ccc(Cl)cc2Cl)c1O. The predicted molar refractivity (Wildman–Crippen MR) is 102 cm³/mol. The van der Waals surface area contributed by atoms with Crippen LogP contribution in [0.5, 0.6) is 11.5 Å². The van der Waals surface area contributed by atoms with E-state index < -0.39 is 27.4 Å². The fraction of sp³-hybridized carbons (Fsp3) is 0.267. The quantitative estimate of drug-likeness (QED) is 0.312. The van der Waals surface area contributed by atoms with Crippen LogP contribution in [0.15, 0.2) is 22.6 Å². The molecular weight excluding hydrogens is 473 g/mol. The maximum absolute atomic E-state index is 11.4. The van der Waals surface area contributed by atoms with Gasteiger partial charge < -0.3 is 14.3 Å². The topological polar surface area (TPSA) is 106 Å². The number of ether oxygens (including phenoxy) is 1. The number of thiol groups is 1. The van der Waals surface area contributed by atoms with Crippen molar-refractivity contribution in [2.75, 3.05) is 6.54 Å². The van der Waals surface area contributed by atoms with E-state index in [0.29, 0.717) is 10.6 Å². The van der Waals surface area contributed by atoms with E-state index in [-0.39, 0.29) is 35.3 Å². The zero-order valence-corrected chi connectivity index (χ0v) is 17.3. The predicted octanol–water partition coefficient (Wildman–Crippen LogP) is 3.83. The minimum absolute atomic E-state index is 0.00484. The lowest BCUT2D eigenvalue weighted by molar-refractivity contribution is -0.132. The normalized spacial score (nSPS) is 12.3. The number of alkyl halides is 1. The molecule has 0 aliphatic heterocycles. The number of benzene rings is 1. The zero-order valence-electron chi connectivity index (χ0n) is 13.3. The van der Waals surface area contributed by atoms with Crippen molar-refractivity contribution >= 4 is 56.0 Å². The maximum atomic E-state index is 11.4. The molecule has 1 aromatic heterocycles. The number of rotatable bonds is 7. The number of aromatic hydroxyl groups is 1. The average molecular weight is 487 g/mol. The van der Waals surface area contributed by atoms with Gasteiger partial charge in [-0.25, -0.2) is 13.1 Å².